The molecule has 1 N–H and O–H groups in total. The molecule has 2 nitrogen and oxygen atoms in total. The Morgan fingerprint density at radius 2 is 2.10 bits per heavy atom. The average Bonchev–Trinajstić information content (AvgIpc) is 2.36. The predicted molar refractivity (Wildman–Crippen MR) is 38.5 cm³/mol. The number of hydrogen-bond donors (Lipinski definition) is 1. The van der Waals surface area contributed by atoms with Crippen molar-refractivity contribution in [2.24, 2.45) is 0 Å². The molecule has 0 spiro atoms. The van der Waals surface area contributed by atoms with Crippen molar-refractivity contribution >= 4 is 5.78 Å². The lowest BCUT2D eigenvalue weighted by Crippen LogP contribution is -2.25. The zero-order valence-electron chi connectivity index (χ0n) is 5.94. The molecule has 0 saturated carbocycles. The minimum atomic E-state index is 0.381. The quantitative estimate of drug-likeness (QED) is 0.539. The molecule has 0 unspecified atom stereocenters. The molecule has 0 amide bonds. The van der Waals surface area contributed by atoms with Crippen LogP contribution in [-0.4, -0.2) is 12.3 Å². The lowest BCUT2D eigenvalue weighted by Gasteiger charge is -2.14. The van der Waals surface area contributed by atoms with Crippen molar-refractivity contribution in [1.29, 1.82) is 0 Å². The lowest BCUT2D eigenvalue weighted by molar-refractivity contribution is -0.115. The Labute approximate surface area is 60.3 Å². The molecule has 0 atom stereocenters. The number of ketones is 1. The minimum absolute atomic E-state index is 0.381. The summed E-state index contributed by atoms with van der Waals surface area (Å²) >= 11 is 0. The molecule has 1 aliphatic carbocycles. The van der Waals surface area contributed by atoms with E-state index in [0.29, 0.717) is 12.2 Å². The molecular weight excluding hydrogens is 126 g/mol. The topological polar surface area (TPSA) is 29.1 Å². The van der Waals surface area contributed by atoms with Crippen LogP contribution in [-0.2, 0) is 4.79 Å². The van der Waals surface area contributed by atoms with Gasteiger partial charge in [-0.2, -0.15) is 0 Å². The van der Waals surface area contributed by atoms with Gasteiger partial charge in [0.1, 0.15) is 0 Å². The van der Waals surface area contributed by atoms with E-state index in [1.165, 1.54) is 12.1 Å². The average molecular weight is 137 g/mol. The highest BCUT2D eigenvalue weighted by Gasteiger charge is 2.23. The molecule has 2 heteroatoms. The highest BCUT2D eigenvalue weighted by molar-refractivity contribution is 5.97. The Bertz CT molecular complexity index is 205. The molecule has 2 rings (SSSR count). The van der Waals surface area contributed by atoms with Crippen molar-refractivity contribution in [3.63, 3.8) is 0 Å². The minimum Gasteiger partial charge on any atom is -0.388 e. The SMILES string of the molecule is O=C1CCNC2=C1CCC2. The molecule has 1 heterocycles. The van der Waals surface area contributed by atoms with Crippen LogP contribution in [0.4, 0.5) is 0 Å². The largest absolute Gasteiger partial charge is 0.388 e. The van der Waals surface area contributed by atoms with Gasteiger partial charge in [0.05, 0.1) is 0 Å². The van der Waals surface area contributed by atoms with Crippen LogP contribution in [0.5, 0.6) is 0 Å². The van der Waals surface area contributed by atoms with E-state index in [-0.39, 0.29) is 0 Å². The summed E-state index contributed by atoms with van der Waals surface area (Å²) in [6.07, 6.45) is 3.99. The second-order valence-corrected chi connectivity index (χ2v) is 2.91. The monoisotopic (exact) mass is 137 g/mol. The van der Waals surface area contributed by atoms with E-state index in [9.17, 15) is 4.79 Å². The van der Waals surface area contributed by atoms with Crippen LogP contribution >= 0.6 is 0 Å². The van der Waals surface area contributed by atoms with Crippen LogP contribution in [0.25, 0.3) is 0 Å². The number of Topliss-reactive ketones (excluding diaryl/α,β-unsaturated/α-hetero) is 1. The summed E-state index contributed by atoms with van der Waals surface area (Å²) in [5.74, 6) is 0.381. The third kappa shape index (κ3) is 0.753. The highest BCUT2D eigenvalue weighted by Crippen LogP contribution is 2.27. The summed E-state index contributed by atoms with van der Waals surface area (Å²) in [5.41, 5.74) is 2.32. The van der Waals surface area contributed by atoms with E-state index in [1.54, 1.807) is 0 Å². The number of carbonyl (C=O) groups is 1. The fourth-order valence-corrected chi connectivity index (χ4v) is 1.72. The molecule has 1 aliphatic heterocycles. The van der Waals surface area contributed by atoms with E-state index in [1.807, 2.05) is 0 Å². The van der Waals surface area contributed by atoms with Crippen molar-refractivity contribution in [2.45, 2.75) is 25.7 Å². The van der Waals surface area contributed by atoms with E-state index in [0.717, 1.165) is 25.0 Å². The first kappa shape index (κ1) is 5.96. The maximum absolute atomic E-state index is 11.2. The maximum Gasteiger partial charge on any atom is 0.162 e. The van der Waals surface area contributed by atoms with Crippen molar-refractivity contribution in [2.75, 3.05) is 6.54 Å². The molecule has 0 saturated heterocycles. The molecule has 2 aliphatic rings. The second kappa shape index (κ2) is 2.11. The maximum atomic E-state index is 11.2. The summed E-state index contributed by atoms with van der Waals surface area (Å²) in [7, 11) is 0. The van der Waals surface area contributed by atoms with Gasteiger partial charge in [-0.25, -0.2) is 0 Å². The van der Waals surface area contributed by atoms with Crippen molar-refractivity contribution < 1.29 is 4.79 Å². The molecule has 10 heavy (non-hydrogen) atoms. The van der Waals surface area contributed by atoms with Gasteiger partial charge in [0.15, 0.2) is 5.78 Å². The first-order valence-electron chi connectivity index (χ1n) is 3.87. The van der Waals surface area contributed by atoms with Crippen LogP contribution in [0, 0.1) is 0 Å². The summed E-state index contributed by atoms with van der Waals surface area (Å²) in [4.78, 5) is 11.2. The molecule has 0 aromatic rings. The fourth-order valence-electron chi connectivity index (χ4n) is 1.72. The third-order valence-electron chi connectivity index (χ3n) is 2.24. The Morgan fingerprint density at radius 3 is 2.90 bits per heavy atom. The van der Waals surface area contributed by atoms with Crippen LogP contribution in [0.1, 0.15) is 25.7 Å². The Kier molecular flexibility index (Phi) is 1.26. The highest BCUT2D eigenvalue weighted by atomic mass is 16.1. The van der Waals surface area contributed by atoms with E-state index >= 15 is 0 Å². The smallest absolute Gasteiger partial charge is 0.162 e. The van der Waals surface area contributed by atoms with Crippen LogP contribution in [0.15, 0.2) is 11.3 Å². The van der Waals surface area contributed by atoms with E-state index < -0.39 is 0 Å². The summed E-state index contributed by atoms with van der Waals surface area (Å²) in [6.45, 7) is 0.859. The standard InChI is InChI=1S/C8H11NO/c10-8-4-5-9-7-3-1-2-6(7)8/h9H,1-5H2. The Hall–Kier alpha value is -0.790. The van der Waals surface area contributed by atoms with Gasteiger partial charge in [0, 0.05) is 24.2 Å². The molecule has 0 bridgehead atoms. The van der Waals surface area contributed by atoms with Gasteiger partial charge in [-0.1, -0.05) is 0 Å². The first-order chi connectivity index (χ1) is 4.88. The van der Waals surface area contributed by atoms with E-state index in [2.05, 4.69) is 5.32 Å². The van der Waals surface area contributed by atoms with E-state index in [4.69, 9.17) is 0 Å². The molecule has 0 aromatic heterocycles. The lowest BCUT2D eigenvalue weighted by atomic mass is 10.0. The van der Waals surface area contributed by atoms with Crippen molar-refractivity contribution in [3.8, 4) is 0 Å². The Morgan fingerprint density at radius 1 is 1.20 bits per heavy atom. The van der Waals surface area contributed by atoms with Crippen LogP contribution < -0.4 is 5.32 Å². The summed E-state index contributed by atoms with van der Waals surface area (Å²) in [6, 6.07) is 0. The van der Waals surface area contributed by atoms with Crippen molar-refractivity contribution in [3.05, 3.63) is 11.3 Å². The molecule has 0 fully saturated rings. The van der Waals surface area contributed by atoms with Crippen LogP contribution in [0.2, 0.25) is 0 Å². The first-order valence-corrected chi connectivity index (χ1v) is 3.87. The second-order valence-electron chi connectivity index (χ2n) is 2.91. The fraction of sp³-hybridized carbons (Fsp3) is 0.625. The third-order valence-corrected chi connectivity index (χ3v) is 2.24. The number of carbonyl (C=O) groups excluding carboxylic acids is 1. The van der Waals surface area contributed by atoms with Gasteiger partial charge in [-0.3, -0.25) is 4.79 Å². The van der Waals surface area contributed by atoms with Gasteiger partial charge in [-0.05, 0) is 19.3 Å². The summed E-state index contributed by atoms with van der Waals surface area (Å²) in [5, 5.41) is 3.27. The predicted octanol–water partition coefficient (Wildman–Crippen LogP) is 0.987. The zero-order valence-corrected chi connectivity index (χ0v) is 5.94. The molecule has 0 radical (unpaired) electrons. The summed E-state index contributed by atoms with van der Waals surface area (Å²) < 4.78 is 0. The number of allylic oxidation sites excluding steroid dienone is 2. The van der Waals surface area contributed by atoms with Crippen molar-refractivity contribution in [1.82, 2.24) is 5.32 Å². The zero-order chi connectivity index (χ0) is 6.97. The number of hydrogen-bond acceptors (Lipinski definition) is 2. The van der Waals surface area contributed by atoms with Gasteiger partial charge in [0.2, 0.25) is 0 Å². The molecular formula is C8H11NO. The van der Waals surface area contributed by atoms with Gasteiger partial charge >= 0.3 is 0 Å². The number of rotatable bonds is 0. The molecule has 0 aromatic carbocycles. The number of nitrogens with one attached hydrogen (secondary N) is 1. The van der Waals surface area contributed by atoms with Gasteiger partial charge in [-0.15, -0.1) is 0 Å². The normalized spacial score (nSPS) is 24.6. The Balaban J connectivity index is 2.31. The van der Waals surface area contributed by atoms with Gasteiger partial charge in [0.25, 0.3) is 0 Å². The van der Waals surface area contributed by atoms with Crippen LogP contribution in [0.3, 0.4) is 0 Å². The molecule has 54 valence electrons. The van der Waals surface area contributed by atoms with Gasteiger partial charge < -0.3 is 5.32 Å².